The van der Waals surface area contributed by atoms with Crippen molar-refractivity contribution in [3.8, 4) is 0 Å². The average Bonchev–Trinajstić information content (AvgIpc) is 3.47. The number of benzene rings is 2. The quantitative estimate of drug-likeness (QED) is 0.331. The van der Waals surface area contributed by atoms with Crippen molar-refractivity contribution in [3.05, 3.63) is 65.2 Å². The predicted octanol–water partition coefficient (Wildman–Crippen LogP) is 2.94. The number of nitrogens with one attached hydrogen (secondary N) is 4. The first-order valence-electron chi connectivity index (χ1n) is 11.7. The Hall–Kier alpha value is -3.72. The molecule has 0 unspecified atom stereocenters. The van der Waals surface area contributed by atoms with Gasteiger partial charge in [-0.15, -0.1) is 0 Å². The summed E-state index contributed by atoms with van der Waals surface area (Å²) < 4.78 is 0. The summed E-state index contributed by atoms with van der Waals surface area (Å²) in [5, 5.41) is 13.5. The maximum Gasteiger partial charge on any atom is 0.248 e. The van der Waals surface area contributed by atoms with Crippen LogP contribution in [0.15, 0.2) is 48.5 Å². The average molecular weight is 459 g/mol. The van der Waals surface area contributed by atoms with Crippen LogP contribution >= 0.6 is 0 Å². The van der Waals surface area contributed by atoms with Gasteiger partial charge in [0.1, 0.15) is 0 Å². The van der Waals surface area contributed by atoms with Crippen LogP contribution in [0.25, 0.3) is 0 Å². The minimum absolute atomic E-state index is 0.122. The number of anilines is 4. The summed E-state index contributed by atoms with van der Waals surface area (Å²) in [4.78, 5) is 25.5. The smallest absolute Gasteiger partial charge is 0.248 e. The van der Waals surface area contributed by atoms with Crippen molar-refractivity contribution in [3.63, 3.8) is 0 Å². The highest BCUT2D eigenvalue weighted by Crippen LogP contribution is 2.48. The second-order valence-corrected chi connectivity index (χ2v) is 9.16. The molecule has 0 bridgehead atoms. The van der Waals surface area contributed by atoms with Crippen molar-refractivity contribution >= 4 is 29.4 Å². The number of aryl methyl sites for hydroxylation is 1. The predicted molar refractivity (Wildman–Crippen MR) is 134 cm³/mol. The van der Waals surface area contributed by atoms with Crippen LogP contribution in [0.4, 0.5) is 23.5 Å². The number of carbonyl (C=O) groups excluding carboxylic acids is 1. The molecule has 6 N–H and O–H groups in total. The minimum atomic E-state index is -0.479. The molecule has 34 heavy (non-hydrogen) atoms. The SMILES string of the molecule is Cc1ccc(C(N)=O)cc1Nc1nc(NCC2(c3ccccc3)CC2)nc(N[C@@H]2CCNC2)n1. The Balaban J connectivity index is 1.39. The number of rotatable bonds is 9. The van der Waals surface area contributed by atoms with Gasteiger partial charge in [-0.25, -0.2) is 0 Å². The van der Waals surface area contributed by atoms with E-state index in [1.807, 2.05) is 19.1 Å². The van der Waals surface area contributed by atoms with Crippen LogP contribution in [-0.2, 0) is 5.41 Å². The molecule has 1 amide bonds. The molecular weight excluding hydrogens is 428 g/mol. The van der Waals surface area contributed by atoms with Gasteiger partial charge in [0, 0.05) is 35.8 Å². The van der Waals surface area contributed by atoms with Crippen molar-refractivity contribution in [1.29, 1.82) is 0 Å². The van der Waals surface area contributed by atoms with Crippen LogP contribution in [0.1, 0.15) is 40.7 Å². The Labute approximate surface area is 199 Å². The van der Waals surface area contributed by atoms with E-state index in [0.717, 1.165) is 50.1 Å². The summed E-state index contributed by atoms with van der Waals surface area (Å²) in [5.41, 5.74) is 9.03. The first-order valence-corrected chi connectivity index (χ1v) is 11.7. The molecular formula is C25H30N8O. The highest BCUT2D eigenvalue weighted by atomic mass is 16.1. The topological polar surface area (TPSA) is 130 Å². The molecule has 1 aliphatic heterocycles. The van der Waals surface area contributed by atoms with Gasteiger partial charge < -0.3 is 27.0 Å². The van der Waals surface area contributed by atoms with Crippen molar-refractivity contribution in [1.82, 2.24) is 20.3 Å². The first-order chi connectivity index (χ1) is 16.5. The molecule has 2 fully saturated rings. The monoisotopic (exact) mass is 458 g/mol. The maximum atomic E-state index is 11.6. The van der Waals surface area contributed by atoms with E-state index in [-0.39, 0.29) is 11.5 Å². The lowest BCUT2D eigenvalue weighted by Crippen LogP contribution is -2.25. The van der Waals surface area contributed by atoms with E-state index in [4.69, 9.17) is 5.73 Å². The van der Waals surface area contributed by atoms with Crippen molar-refractivity contribution in [2.45, 2.75) is 37.6 Å². The van der Waals surface area contributed by atoms with Crippen LogP contribution < -0.4 is 27.0 Å². The number of hydrogen-bond donors (Lipinski definition) is 5. The van der Waals surface area contributed by atoms with Gasteiger partial charge in [0.15, 0.2) is 0 Å². The van der Waals surface area contributed by atoms with Gasteiger partial charge in [-0.2, -0.15) is 15.0 Å². The molecule has 0 spiro atoms. The van der Waals surface area contributed by atoms with Crippen molar-refractivity contribution in [2.24, 2.45) is 5.73 Å². The molecule has 1 saturated carbocycles. The number of aromatic nitrogens is 3. The maximum absolute atomic E-state index is 11.6. The lowest BCUT2D eigenvalue weighted by Gasteiger charge is -2.18. The molecule has 2 aliphatic rings. The van der Waals surface area contributed by atoms with Crippen LogP contribution in [0.3, 0.4) is 0 Å². The number of primary amides is 1. The van der Waals surface area contributed by atoms with Crippen LogP contribution in [0.5, 0.6) is 0 Å². The van der Waals surface area contributed by atoms with E-state index in [1.165, 1.54) is 5.56 Å². The lowest BCUT2D eigenvalue weighted by atomic mass is 9.96. The van der Waals surface area contributed by atoms with E-state index in [9.17, 15) is 4.79 Å². The van der Waals surface area contributed by atoms with Crippen molar-refractivity contribution < 1.29 is 4.79 Å². The van der Waals surface area contributed by atoms with Gasteiger partial charge in [-0.05, 0) is 56.0 Å². The van der Waals surface area contributed by atoms with Crippen molar-refractivity contribution in [2.75, 3.05) is 35.6 Å². The zero-order valence-corrected chi connectivity index (χ0v) is 19.3. The van der Waals surface area contributed by atoms with Gasteiger partial charge >= 0.3 is 0 Å². The van der Waals surface area contributed by atoms with Gasteiger partial charge in [0.05, 0.1) is 0 Å². The number of carbonyl (C=O) groups is 1. The molecule has 5 rings (SSSR count). The first kappa shape index (κ1) is 22.1. The Morgan fingerprint density at radius 1 is 1.09 bits per heavy atom. The largest absolute Gasteiger partial charge is 0.366 e. The van der Waals surface area contributed by atoms with E-state index in [1.54, 1.807) is 12.1 Å². The number of nitrogens with two attached hydrogens (primary N) is 1. The summed E-state index contributed by atoms with van der Waals surface area (Å²) in [5.74, 6) is 0.951. The van der Waals surface area contributed by atoms with Crippen LogP contribution in [0, 0.1) is 6.92 Å². The van der Waals surface area contributed by atoms with E-state index < -0.39 is 5.91 Å². The molecule has 2 aromatic carbocycles. The highest BCUT2D eigenvalue weighted by molar-refractivity contribution is 5.94. The summed E-state index contributed by atoms with van der Waals surface area (Å²) in [6, 6.07) is 16.1. The van der Waals surface area contributed by atoms with Gasteiger partial charge in [-0.1, -0.05) is 36.4 Å². The lowest BCUT2D eigenvalue weighted by molar-refractivity contribution is 0.100. The summed E-state index contributed by atoms with van der Waals surface area (Å²) in [6.07, 6.45) is 3.28. The Bertz CT molecular complexity index is 1170. The minimum Gasteiger partial charge on any atom is -0.366 e. The molecule has 176 valence electrons. The Kier molecular flexibility index (Phi) is 6.02. The third-order valence-corrected chi connectivity index (χ3v) is 6.62. The summed E-state index contributed by atoms with van der Waals surface area (Å²) in [7, 11) is 0. The zero-order valence-electron chi connectivity index (χ0n) is 19.3. The normalized spacial score (nSPS) is 18.3. The molecule has 1 saturated heterocycles. The molecule has 9 heteroatoms. The highest BCUT2D eigenvalue weighted by Gasteiger charge is 2.44. The second-order valence-electron chi connectivity index (χ2n) is 9.16. The molecule has 1 aliphatic carbocycles. The van der Waals surface area contributed by atoms with Crippen LogP contribution in [-0.4, -0.2) is 46.5 Å². The standard InChI is InChI=1S/C25H30N8O/c1-16-7-8-17(21(26)34)13-20(16)30-24-32-22(31-23(33-24)29-19-9-12-27-14-19)28-15-25(10-11-25)18-5-3-2-4-6-18/h2-8,13,19,27H,9-12,14-15H2,1H3,(H2,26,34)(H3,28,29,30,31,32,33)/t19-/m1/s1. The van der Waals surface area contributed by atoms with Gasteiger partial charge in [-0.3, -0.25) is 4.79 Å². The van der Waals surface area contributed by atoms with Gasteiger partial charge in [0.25, 0.3) is 0 Å². The molecule has 3 aromatic rings. The van der Waals surface area contributed by atoms with Gasteiger partial charge in [0.2, 0.25) is 23.8 Å². The zero-order chi connectivity index (χ0) is 23.5. The number of amides is 1. The molecule has 9 nitrogen and oxygen atoms in total. The number of nitrogens with zero attached hydrogens (tertiary/aromatic N) is 3. The second kappa shape index (κ2) is 9.26. The third kappa shape index (κ3) is 4.94. The third-order valence-electron chi connectivity index (χ3n) is 6.62. The summed E-state index contributed by atoms with van der Waals surface area (Å²) >= 11 is 0. The number of hydrogen-bond acceptors (Lipinski definition) is 8. The fourth-order valence-corrected chi connectivity index (χ4v) is 4.32. The molecule has 1 atom stereocenters. The van der Waals surface area contributed by atoms with E-state index in [0.29, 0.717) is 23.4 Å². The van der Waals surface area contributed by atoms with E-state index >= 15 is 0 Å². The molecule has 0 radical (unpaired) electrons. The Morgan fingerprint density at radius 3 is 2.56 bits per heavy atom. The fraction of sp³-hybridized carbons (Fsp3) is 0.360. The molecule has 1 aromatic heterocycles. The fourth-order valence-electron chi connectivity index (χ4n) is 4.32. The molecule has 2 heterocycles. The van der Waals surface area contributed by atoms with E-state index in [2.05, 4.69) is 60.5 Å². The van der Waals surface area contributed by atoms with Crippen LogP contribution in [0.2, 0.25) is 0 Å². The Morgan fingerprint density at radius 2 is 1.85 bits per heavy atom. The summed E-state index contributed by atoms with van der Waals surface area (Å²) in [6.45, 7) is 4.54.